The summed E-state index contributed by atoms with van der Waals surface area (Å²) in [6, 6.07) is 24.6. The molecule has 1 N–H and O–H groups in total. The standard InChI is InChI=1S/C29H31N5OS/c1-20-9-15-25(16-10-20)34-27(23-11-13-24(14-12-23)29(3,4)5)32-33-28(34)36-19-26(35)31-30-18-22-8-6-7-21(2)17-22/h6-18H,19H2,1-5H3,(H,31,35)/b30-18+. The zero-order valence-corrected chi connectivity index (χ0v) is 22.1. The first-order chi connectivity index (χ1) is 17.2. The summed E-state index contributed by atoms with van der Waals surface area (Å²) in [6.45, 7) is 10.7. The van der Waals surface area contributed by atoms with Crippen LogP contribution in [0.5, 0.6) is 0 Å². The molecule has 6 nitrogen and oxygen atoms in total. The molecule has 1 heterocycles. The summed E-state index contributed by atoms with van der Waals surface area (Å²) in [6.07, 6.45) is 1.64. The molecule has 0 spiro atoms. The second-order valence-electron chi connectivity index (χ2n) is 9.80. The third-order valence-electron chi connectivity index (χ3n) is 5.71. The predicted octanol–water partition coefficient (Wildman–Crippen LogP) is 6.09. The molecule has 0 unspecified atom stereocenters. The molecule has 0 radical (unpaired) electrons. The van der Waals surface area contributed by atoms with Crippen LogP contribution in [0.15, 0.2) is 83.1 Å². The zero-order chi connectivity index (χ0) is 25.7. The Labute approximate surface area is 216 Å². The first kappa shape index (κ1) is 25.4. The average Bonchev–Trinajstić information content (AvgIpc) is 3.27. The summed E-state index contributed by atoms with van der Waals surface area (Å²) in [7, 11) is 0. The summed E-state index contributed by atoms with van der Waals surface area (Å²) in [5.41, 5.74) is 9.08. The number of carbonyl (C=O) groups is 1. The second kappa shape index (κ2) is 10.9. The lowest BCUT2D eigenvalue weighted by Crippen LogP contribution is -2.20. The number of aryl methyl sites for hydroxylation is 2. The lowest BCUT2D eigenvalue weighted by Gasteiger charge is -2.19. The number of hydrogen-bond acceptors (Lipinski definition) is 5. The number of nitrogens with one attached hydrogen (secondary N) is 1. The highest BCUT2D eigenvalue weighted by atomic mass is 32.2. The van der Waals surface area contributed by atoms with Gasteiger partial charge in [0.05, 0.1) is 12.0 Å². The molecule has 0 fully saturated rings. The second-order valence-corrected chi connectivity index (χ2v) is 10.7. The minimum atomic E-state index is -0.210. The van der Waals surface area contributed by atoms with Gasteiger partial charge in [0.2, 0.25) is 0 Å². The van der Waals surface area contributed by atoms with E-state index in [4.69, 9.17) is 0 Å². The Balaban J connectivity index is 1.54. The van der Waals surface area contributed by atoms with Crippen molar-refractivity contribution in [3.05, 3.63) is 95.1 Å². The smallest absolute Gasteiger partial charge is 0.250 e. The molecule has 0 aliphatic heterocycles. The molecule has 36 heavy (non-hydrogen) atoms. The summed E-state index contributed by atoms with van der Waals surface area (Å²) in [4.78, 5) is 12.5. The van der Waals surface area contributed by atoms with Gasteiger partial charge in [-0.3, -0.25) is 9.36 Å². The molecule has 1 amide bonds. The number of rotatable bonds is 7. The molecular weight excluding hydrogens is 466 g/mol. The van der Waals surface area contributed by atoms with Gasteiger partial charge in [-0.1, -0.05) is 104 Å². The molecule has 4 aromatic rings. The van der Waals surface area contributed by atoms with Crippen molar-refractivity contribution < 1.29 is 4.79 Å². The summed E-state index contributed by atoms with van der Waals surface area (Å²) in [5.74, 6) is 0.691. The van der Waals surface area contributed by atoms with Crippen LogP contribution >= 0.6 is 11.8 Å². The predicted molar refractivity (Wildman–Crippen MR) is 148 cm³/mol. The van der Waals surface area contributed by atoms with Crippen LogP contribution in [-0.2, 0) is 10.2 Å². The van der Waals surface area contributed by atoms with E-state index in [1.54, 1.807) is 6.21 Å². The molecule has 1 aromatic heterocycles. The topological polar surface area (TPSA) is 72.2 Å². The maximum atomic E-state index is 12.5. The van der Waals surface area contributed by atoms with E-state index < -0.39 is 0 Å². The highest BCUT2D eigenvalue weighted by Gasteiger charge is 2.19. The number of thioether (sulfide) groups is 1. The Kier molecular flexibility index (Phi) is 7.70. The van der Waals surface area contributed by atoms with Gasteiger partial charge in [0.15, 0.2) is 11.0 Å². The largest absolute Gasteiger partial charge is 0.272 e. The van der Waals surface area contributed by atoms with Gasteiger partial charge < -0.3 is 0 Å². The minimum absolute atomic E-state index is 0.0688. The van der Waals surface area contributed by atoms with Crippen LogP contribution in [0.1, 0.15) is 43.0 Å². The van der Waals surface area contributed by atoms with Crippen LogP contribution in [0, 0.1) is 13.8 Å². The Morgan fingerprint density at radius 2 is 1.69 bits per heavy atom. The molecule has 184 valence electrons. The molecule has 0 saturated carbocycles. The number of hydrogen-bond donors (Lipinski definition) is 1. The lowest BCUT2D eigenvalue weighted by atomic mass is 9.87. The number of aromatic nitrogens is 3. The van der Waals surface area contributed by atoms with Crippen molar-refractivity contribution in [1.29, 1.82) is 0 Å². The van der Waals surface area contributed by atoms with Crippen molar-refractivity contribution in [2.75, 3.05) is 5.75 Å². The van der Waals surface area contributed by atoms with E-state index >= 15 is 0 Å². The van der Waals surface area contributed by atoms with E-state index in [0.717, 1.165) is 28.2 Å². The molecular formula is C29H31N5OS. The van der Waals surface area contributed by atoms with Crippen LogP contribution in [-0.4, -0.2) is 32.6 Å². The van der Waals surface area contributed by atoms with E-state index in [-0.39, 0.29) is 17.1 Å². The monoisotopic (exact) mass is 497 g/mol. The van der Waals surface area contributed by atoms with Crippen molar-refractivity contribution in [3.63, 3.8) is 0 Å². The molecule has 3 aromatic carbocycles. The SMILES string of the molecule is Cc1ccc(-n2c(SCC(=O)N/N=C/c3cccc(C)c3)nnc2-c2ccc(C(C)(C)C)cc2)cc1. The van der Waals surface area contributed by atoms with Gasteiger partial charge in [-0.15, -0.1) is 10.2 Å². The fraction of sp³-hybridized carbons (Fsp3) is 0.241. The van der Waals surface area contributed by atoms with E-state index in [0.29, 0.717) is 5.16 Å². The first-order valence-electron chi connectivity index (χ1n) is 11.9. The van der Waals surface area contributed by atoms with Crippen molar-refractivity contribution in [2.45, 2.75) is 45.2 Å². The van der Waals surface area contributed by atoms with Crippen molar-refractivity contribution in [3.8, 4) is 17.1 Å². The normalized spacial score (nSPS) is 11.7. The Morgan fingerprint density at radius 3 is 2.36 bits per heavy atom. The highest BCUT2D eigenvalue weighted by Crippen LogP contribution is 2.30. The van der Waals surface area contributed by atoms with E-state index in [9.17, 15) is 4.79 Å². The fourth-order valence-electron chi connectivity index (χ4n) is 3.69. The summed E-state index contributed by atoms with van der Waals surface area (Å²) >= 11 is 1.33. The fourth-order valence-corrected chi connectivity index (χ4v) is 4.43. The molecule has 0 aliphatic rings. The maximum Gasteiger partial charge on any atom is 0.250 e. The Morgan fingerprint density at radius 1 is 0.972 bits per heavy atom. The average molecular weight is 498 g/mol. The minimum Gasteiger partial charge on any atom is -0.272 e. The maximum absolute atomic E-state index is 12.5. The molecule has 0 saturated heterocycles. The van der Waals surface area contributed by atoms with Gasteiger partial charge in [0, 0.05) is 11.3 Å². The Hall–Kier alpha value is -3.71. The first-order valence-corrected chi connectivity index (χ1v) is 12.8. The zero-order valence-electron chi connectivity index (χ0n) is 21.3. The van der Waals surface area contributed by atoms with Crippen molar-refractivity contribution in [2.24, 2.45) is 5.10 Å². The molecule has 0 aliphatic carbocycles. The van der Waals surface area contributed by atoms with Crippen LogP contribution in [0.4, 0.5) is 0 Å². The number of nitrogens with zero attached hydrogens (tertiary/aromatic N) is 4. The molecule has 0 atom stereocenters. The van der Waals surface area contributed by atoms with Crippen LogP contribution in [0.3, 0.4) is 0 Å². The summed E-state index contributed by atoms with van der Waals surface area (Å²) < 4.78 is 2.00. The van der Waals surface area contributed by atoms with Crippen molar-refractivity contribution in [1.82, 2.24) is 20.2 Å². The molecule has 7 heteroatoms. The quantitative estimate of drug-likeness (QED) is 0.190. The van der Waals surface area contributed by atoms with Crippen LogP contribution in [0.2, 0.25) is 0 Å². The number of benzene rings is 3. The third-order valence-corrected chi connectivity index (χ3v) is 6.64. The van der Waals surface area contributed by atoms with Gasteiger partial charge in [0.25, 0.3) is 5.91 Å². The third kappa shape index (κ3) is 6.29. The van der Waals surface area contributed by atoms with Gasteiger partial charge in [-0.05, 0) is 42.5 Å². The van der Waals surface area contributed by atoms with Gasteiger partial charge >= 0.3 is 0 Å². The van der Waals surface area contributed by atoms with Crippen LogP contribution < -0.4 is 5.43 Å². The van der Waals surface area contributed by atoms with Gasteiger partial charge in [0.1, 0.15) is 0 Å². The van der Waals surface area contributed by atoms with E-state index in [2.05, 4.69) is 84.8 Å². The number of hydrazone groups is 1. The van der Waals surface area contributed by atoms with Crippen LogP contribution in [0.25, 0.3) is 17.1 Å². The highest BCUT2D eigenvalue weighted by molar-refractivity contribution is 7.99. The van der Waals surface area contributed by atoms with Crippen molar-refractivity contribution >= 4 is 23.9 Å². The van der Waals surface area contributed by atoms with Gasteiger partial charge in [-0.25, -0.2) is 5.43 Å². The van der Waals surface area contributed by atoms with E-state index in [1.807, 2.05) is 47.9 Å². The molecule has 4 rings (SSSR count). The van der Waals surface area contributed by atoms with E-state index in [1.165, 1.54) is 22.9 Å². The Bertz CT molecular complexity index is 1370. The summed E-state index contributed by atoms with van der Waals surface area (Å²) in [5, 5.41) is 13.7. The molecule has 0 bridgehead atoms. The number of carbonyl (C=O) groups excluding carboxylic acids is 1. The number of amides is 1. The van der Waals surface area contributed by atoms with Gasteiger partial charge in [-0.2, -0.15) is 5.10 Å². The lowest BCUT2D eigenvalue weighted by molar-refractivity contribution is -0.118.